The van der Waals surface area contributed by atoms with Crippen molar-refractivity contribution in [1.82, 2.24) is 9.55 Å². The second kappa shape index (κ2) is 2.74. The molecule has 1 aromatic heterocycles. The smallest absolute Gasteiger partial charge is 0.326 e. The number of benzene rings is 1. The average molecular weight is 177 g/mol. The zero-order valence-corrected chi connectivity index (χ0v) is 7.37. The Morgan fingerprint density at radius 1 is 1.54 bits per heavy atom. The largest absolute Gasteiger partial charge is 0.326 e. The van der Waals surface area contributed by atoms with Crippen molar-refractivity contribution in [2.45, 2.75) is 6.54 Å². The molecule has 0 saturated heterocycles. The minimum Gasteiger partial charge on any atom is -0.326 e. The highest BCUT2D eigenvalue weighted by atomic mass is 16.1. The number of nitrogens with zero attached hydrogens (tertiary/aromatic N) is 1. The Hall–Kier alpha value is -1.55. The van der Waals surface area contributed by atoms with Crippen molar-refractivity contribution in [3.63, 3.8) is 0 Å². The van der Waals surface area contributed by atoms with Crippen molar-refractivity contribution >= 4 is 11.0 Å². The highest BCUT2D eigenvalue weighted by Crippen LogP contribution is 2.11. The maximum absolute atomic E-state index is 11.2. The number of fused-ring (bicyclic) bond motifs is 1. The van der Waals surface area contributed by atoms with Gasteiger partial charge in [-0.1, -0.05) is 6.07 Å². The number of hydrogen-bond donors (Lipinski definition) is 2. The minimum absolute atomic E-state index is 0.0934. The first-order valence-corrected chi connectivity index (χ1v) is 4.10. The number of aromatic nitrogens is 2. The Balaban J connectivity index is 2.82. The van der Waals surface area contributed by atoms with E-state index < -0.39 is 0 Å². The summed E-state index contributed by atoms with van der Waals surface area (Å²) in [6, 6.07) is 5.71. The molecule has 1 aromatic carbocycles. The number of aromatic amines is 1. The third-order valence-electron chi connectivity index (χ3n) is 2.21. The summed E-state index contributed by atoms with van der Waals surface area (Å²) in [5, 5.41) is 0. The zero-order chi connectivity index (χ0) is 9.42. The number of nitrogens with two attached hydrogens (primary N) is 1. The van der Waals surface area contributed by atoms with Crippen molar-refractivity contribution in [3.8, 4) is 0 Å². The molecule has 0 fully saturated rings. The van der Waals surface area contributed by atoms with Gasteiger partial charge < -0.3 is 10.7 Å². The van der Waals surface area contributed by atoms with Crippen molar-refractivity contribution in [2.75, 3.05) is 0 Å². The molecule has 0 radical (unpaired) electrons. The van der Waals surface area contributed by atoms with E-state index in [9.17, 15) is 4.79 Å². The van der Waals surface area contributed by atoms with Crippen molar-refractivity contribution in [3.05, 3.63) is 34.2 Å². The molecule has 0 saturated carbocycles. The van der Waals surface area contributed by atoms with Crippen LogP contribution in [0, 0.1) is 0 Å². The van der Waals surface area contributed by atoms with Gasteiger partial charge in [-0.2, -0.15) is 0 Å². The molecule has 0 amide bonds. The molecule has 1 heterocycles. The van der Waals surface area contributed by atoms with Crippen LogP contribution in [0.4, 0.5) is 0 Å². The first-order valence-electron chi connectivity index (χ1n) is 4.10. The molecule has 0 atom stereocenters. The van der Waals surface area contributed by atoms with Gasteiger partial charge in [-0.05, 0) is 17.7 Å². The monoisotopic (exact) mass is 177 g/mol. The molecule has 13 heavy (non-hydrogen) atoms. The Labute approximate surface area is 75.0 Å². The molecule has 2 rings (SSSR count). The van der Waals surface area contributed by atoms with E-state index in [1.807, 2.05) is 18.2 Å². The second-order valence-electron chi connectivity index (χ2n) is 3.04. The molecule has 68 valence electrons. The maximum Gasteiger partial charge on any atom is 0.326 e. The van der Waals surface area contributed by atoms with Crippen LogP contribution in [0.15, 0.2) is 23.0 Å². The SMILES string of the molecule is Cn1c(=O)[nH]c2ccc(CN)cc21. The maximum atomic E-state index is 11.2. The molecule has 0 bridgehead atoms. The standard InChI is InChI=1S/C9H11N3O/c1-12-8-4-6(5-10)2-3-7(8)11-9(12)13/h2-4H,5,10H2,1H3,(H,11,13). The van der Waals surface area contributed by atoms with Gasteiger partial charge in [0, 0.05) is 13.6 Å². The van der Waals surface area contributed by atoms with Crippen LogP contribution in [0.3, 0.4) is 0 Å². The lowest BCUT2D eigenvalue weighted by Gasteiger charge is -1.97. The van der Waals surface area contributed by atoms with Crippen molar-refractivity contribution in [2.24, 2.45) is 12.8 Å². The fourth-order valence-electron chi connectivity index (χ4n) is 1.40. The lowest BCUT2D eigenvalue weighted by Crippen LogP contribution is -2.11. The topological polar surface area (TPSA) is 63.8 Å². The van der Waals surface area contributed by atoms with E-state index in [1.54, 1.807) is 11.6 Å². The first-order chi connectivity index (χ1) is 6.22. The van der Waals surface area contributed by atoms with Gasteiger partial charge in [0.2, 0.25) is 0 Å². The summed E-state index contributed by atoms with van der Waals surface area (Å²) in [6.45, 7) is 0.495. The Morgan fingerprint density at radius 2 is 2.31 bits per heavy atom. The Morgan fingerprint density at radius 3 is 3.00 bits per heavy atom. The summed E-state index contributed by atoms with van der Waals surface area (Å²) in [7, 11) is 1.74. The zero-order valence-electron chi connectivity index (χ0n) is 7.37. The Kier molecular flexibility index (Phi) is 1.70. The van der Waals surface area contributed by atoms with E-state index in [-0.39, 0.29) is 5.69 Å². The second-order valence-corrected chi connectivity index (χ2v) is 3.04. The van der Waals surface area contributed by atoms with E-state index in [0.29, 0.717) is 6.54 Å². The fraction of sp³-hybridized carbons (Fsp3) is 0.222. The minimum atomic E-state index is -0.0934. The first kappa shape index (κ1) is 8.07. The molecule has 0 aliphatic carbocycles. The molecule has 0 aliphatic heterocycles. The molecule has 4 heteroatoms. The van der Waals surface area contributed by atoms with Gasteiger partial charge in [0.05, 0.1) is 11.0 Å². The number of nitrogens with one attached hydrogen (secondary N) is 1. The van der Waals surface area contributed by atoms with Gasteiger partial charge in [-0.15, -0.1) is 0 Å². The lowest BCUT2D eigenvalue weighted by atomic mass is 10.2. The molecule has 4 nitrogen and oxygen atoms in total. The third kappa shape index (κ3) is 1.15. The quantitative estimate of drug-likeness (QED) is 0.659. The van der Waals surface area contributed by atoms with Crippen LogP contribution in [0.5, 0.6) is 0 Å². The number of aryl methyl sites for hydroxylation is 1. The van der Waals surface area contributed by atoms with Gasteiger partial charge in [-0.25, -0.2) is 4.79 Å². The lowest BCUT2D eigenvalue weighted by molar-refractivity contribution is 0.890. The van der Waals surface area contributed by atoms with E-state index in [2.05, 4.69) is 4.98 Å². The van der Waals surface area contributed by atoms with E-state index in [0.717, 1.165) is 16.6 Å². The highest BCUT2D eigenvalue weighted by molar-refractivity contribution is 5.75. The summed E-state index contributed by atoms with van der Waals surface area (Å²) >= 11 is 0. The summed E-state index contributed by atoms with van der Waals surface area (Å²) in [6.07, 6.45) is 0. The molecular weight excluding hydrogens is 166 g/mol. The van der Waals surface area contributed by atoms with E-state index >= 15 is 0 Å². The highest BCUT2D eigenvalue weighted by Gasteiger charge is 2.02. The number of rotatable bonds is 1. The predicted octanol–water partition coefficient (Wildman–Crippen LogP) is 0.325. The summed E-state index contributed by atoms with van der Waals surface area (Å²) < 4.78 is 1.58. The van der Waals surface area contributed by atoms with Crippen molar-refractivity contribution in [1.29, 1.82) is 0 Å². The number of H-pyrrole nitrogens is 1. The van der Waals surface area contributed by atoms with Crippen LogP contribution in [0.2, 0.25) is 0 Å². The summed E-state index contributed by atoms with van der Waals surface area (Å²) in [5.41, 5.74) is 8.18. The normalized spacial score (nSPS) is 10.9. The van der Waals surface area contributed by atoms with E-state index in [4.69, 9.17) is 5.73 Å². The molecule has 0 unspecified atom stereocenters. The van der Waals surface area contributed by atoms with Crippen LogP contribution < -0.4 is 11.4 Å². The van der Waals surface area contributed by atoms with Crippen LogP contribution >= 0.6 is 0 Å². The van der Waals surface area contributed by atoms with Crippen molar-refractivity contribution < 1.29 is 0 Å². The molecule has 0 aliphatic rings. The van der Waals surface area contributed by atoms with Crippen LogP contribution in [0.1, 0.15) is 5.56 Å². The molecule has 3 N–H and O–H groups in total. The average Bonchev–Trinajstić information content (AvgIpc) is 2.43. The molecular formula is C9H11N3O. The van der Waals surface area contributed by atoms with Crippen LogP contribution in [-0.2, 0) is 13.6 Å². The number of hydrogen-bond acceptors (Lipinski definition) is 2. The summed E-state index contributed by atoms with van der Waals surface area (Å²) in [4.78, 5) is 14.0. The Bertz CT molecular complexity index is 495. The van der Waals surface area contributed by atoms with Gasteiger partial charge in [-0.3, -0.25) is 4.57 Å². The fourth-order valence-corrected chi connectivity index (χ4v) is 1.40. The third-order valence-corrected chi connectivity index (χ3v) is 2.21. The van der Waals surface area contributed by atoms with Crippen LogP contribution in [0.25, 0.3) is 11.0 Å². The van der Waals surface area contributed by atoms with Gasteiger partial charge in [0.25, 0.3) is 0 Å². The van der Waals surface area contributed by atoms with Gasteiger partial charge >= 0.3 is 5.69 Å². The molecule has 0 spiro atoms. The summed E-state index contributed by atoms with van der Waals surface area (Å²) in [5.74, 6) is 0. The van der Waals surface area contributed by atoms with Gasteiger partial charge in [0.15, 0.2) is 0 Å². The molecule has 2 aromatic rings. The van der Waals surface area contributed by atoms with Crippen LogP contribution in [-0.4, -0.2) is 9.55 Å². The van der Waals surface area contributed by atoms with E-state index in [1.165, 1.54) is 0 Å². The predicted molar refractivity (Wildman–Crippen MR) is 51.4 cm³/mol. The van der Waals surface area contributed by atoms with Gasteiger partial charge in [0.1, 0.15) is 0 Å². The number of imidazole rings is 1.